The zero-order valence-electron chi connectivity index (χ0n) is 11.0. The normalized spacial score (nSPS) is 13.1. The van der Waals surface area contributed by atoms with E-state index in [1.807, 2.05) is 0 Å². The van der Waals surface area contributed by atoms with Crippen LogP contribution in [-0.4, -0.2) is 25.5 Å². The first-order valence-electron chi connectivity index (χ1n) is 6.21. The van der Waals surface area contributed by atoms with Crippen LogP contribution in [0, 0.1) is 12.3 Å². The second-order valence-electron chi connectivity index (χ2n) is 4.80. The van der Waals surface area contributed by atoms with Crippen LogP contribution >= 0.6 is 0 Å². The van der Waals surface area contributed by atoms with Gasteiger partial charge in [0, 0.05) is 6.54 Å². The summed E-state index contributed by atoms with van der Waals surface area (Å²) in [6.45, 7) is 5.64. The summed E-state index contributed by atoms with van der Waals surface area (Å²) < 4.78 is 0. The molecular weight excluding hydrogens is 194 g/mol. The van der Waals surface area contributed by atoms with E-state index in [2.05, 4.69) is 63.5 Å². The Morgan fingerprint density at radius 2 is 1.94 bits per heavy atom. The molecule has 1 aromatic carbocycles. The predicted octanol–water partition coefficient (Wildman–Crippen LogP) is 3.39. The van der Waals surface area contributed by atoms with Crippen LogP contribution in [0.15, 0.2) is 24.3 Å². The van der Waals surface area contributed by atoms with E-state index < -0.39 is 0 Å². The minimum atomic E-state index is 0.667. The first-order chi connectivity index (χ1) is 7.63. The average molecular weight is 218 g/mol. The number of likely N-dealkylation sites (N-methyl/N-ethyl adjacent to an activating group) is 1. The number of hydrogen-bond acceptors (Lipinski definition) is 1. The summed E-state index contributed by atoms with van der Waals surface area (Å²) in [4.78, 5) is 2.24. The van der Waals surface area contributed by atoms with Crippen LogP contribution in [0.3, 0.4) is 0 Å². The fourth-order valence-corrected chi connectivity index (χ4v) is 1.69. The quantitative estimate of drug-likeness (QED) is 0.707. The fraction of sp³-hybridized carbons (Fsp3) is 0.533. The van der Waals surface area contributed by atoms with E-state index in [1.54, 1.807) is 0 Å². The van der Waals surface area contributed by atoms with Crippen molar-refractivity contribution in [2.24, 2.45) is 5.92 Å². The van der Waals surface area contributed by atoms with Gasteiger partial charge in [-0.1, -0.05) is 44.5 Å². The van der Waals surface area contributed by atoms with Crippen LogP contribution in [0.1, 0.15) is 31.4 Å². The molecule has 0 saturated carbocycles. The Kier molecular flexibility index (Phi) is 5.54. The molecular formula is C15H24N. The second-order valence-corrected chi connectivity index (χ2v) is 4.80. The number of hydrogen-bond donors (Lipinski definition) is 0. The van der Waals surface area contributed by atoms with Gasteiger partial charge in [0.25, 0.3) is 0 Å². The topological polar surface area (TPSA) is 3.24 Å². The maximum atomic E-state index is 2.39. The van der Waals surface area contributed by atoms with Crippen molar-refractivity contribution in [3.8, 4) is 0 Å². The van der Waals surface area contributed by atoms with Crippen molar-refractivity contribution >= 4 is 0 Å². The first kappa shape index (κ1) is 13.2. The van der Waals surface area contributed by atoms with E-state index in [9.17, 15) is 0 Å². The summed E-state index contributed by atoms with van der Waals surface area (Å²) in [6, 6.07) is 8.75. The van der Waals surface area contributed by atoms with Gasteiger partial charge in [-0.2, -0.15) is 0 Å². The SMILES string of the molecule is CCC(C)[CH]c1ccccc1CCN(C)C. The van der Waals surface area contributed by atoms with Crippen LogP contribution in [-0.2, 0) is 6.42 Å². The highest BCUT2D eigenvalue weighted by Crippen LogP contribution is 2.18. The van der Waals surface area contributed by atoms with Gasteiger partial charge >= 0.3 is 0 Å². The Hall–Kier alpha value is -0.820. The van der Waals surface area contributed by atoms with Gasteiger partial charge in [0.1, 0.15) is 0 Å². The number of benzene rings is 1. The lowest BCUT2D eigenvalue weighted by molar-refractivity contribution is 0.413. The molecule has 16 heavy (non-hydrogen) atoms. The molecule has 1 nitrogen and oxygen atoms in total. The zero-order valence-corrected chi connectivity index (χ0v) is 11.0. The molecule has 0 bridgehead atoms. The second kappa shape index (κ2) is 6.70. The van der Waals surface area contributed by atoms with E-state index in [-0.39, 0.29) is 0 Å². The van der Waals surface area contributed by atoms with Crippen molar-refractivity contribution < 1.29 is 0 Å². The molecule has 1 aromatic rings. The van der Waals surface area contributed by atoms with Crippen LogP contribution < -0.4 is 0 Å². The standard InChI is InChI=1S/C15H24N/c1-5-13(2)12-15-9-7-6-8-14(15)10-11-16(3)4/h6-9,12-13H,5,10-11H2,1-4H3. The van der Waals surface area contributed by atoms with Crippen LogP contribution in [0.2, 0.25) is 0 Å². The first-order valence-corrected chi connectivity index (χ1v) is 6.21. The Morgan fingerprint density at radius 1 is 1.25 bits per heavy atom. The molecule has 0 amide bonds. The third-order valence-electron chi connectivity index (χ3n) is 2.99. The molecule has 1 rings (SSSR count). The van der Waals surface area contributed by atoms with Crippen molar-refractivity contribution in [1.82, 2.24) is 4.90 Å². The molecule has 1 radical (unpaired) electrons. The van der Waals surface area contributed by atoms with E-state index >= 15 is 0 Å². The monoisotopic (exact) mass is 218 g/mol. The Bertz CT molecular complexity index is 304. The lowest BCUT2D eigenvalue weighted by Gasteiger charge is -2.15. The highest BCUT2D eigenvalue weighted by atomic mass is 15.0. The summed E-state index contributed by atoms with van der Waals surface area (Å²) in [5.74, 6) is 0.667. The van der Waals surface area contributed by atoms with Crippen LogP contribution in [0.5, 0.6) is 0 Å². The molecule has 0 aliphatic rings. The van der Waals surface area contributed by atoms with Crippen LogP contribution in [0.4, 0.5) is 0 Å². The molecule has 0 aromatic heterocycles. The summed E-state index contributed by atoms with van der Waals surface area (Å²) in [5, 5.41) is 0. The molecule has 0 aliphatic carbocycles. The van der Waals surface area contributed by atoms with Crippen molar-refractivity contribution in [2.75, 3.05) is 20.6 Å². The molecule has 89 valence electrons. The summed E-state index contributed by atoms with van der Waals surface area (Å²) in [5.41, 5.74) is 2.88. The summed E-state index contributed by atoms with van der Waals surface area (Å²) in [6.07, 6.45) is 4.74. The third-order valence-corrected chi connectivity index (χ3v) is 2.99. The minimum absolute atomic E-state index is 0.667. The predicted molar refractivity (Wildman–Crippen MR) is 71.6 cm³/mol. The van der Waals surface area contributed by atoms with Gasteiger partial charge in [-0.05, 0) is 44.0 Å². The Morgan fingerprint density at radius 3 is 2.56 bits per heavy atom. The molecule has 0 heterocycles. The zero-order chi connectivity index (χ0) is 12.0. The van der Waals surface area contributed by atoms with E-state index in [0.717, 1.165) is 13.0 Å². The minimum Gasteiger partial charge on any atom is -0.309 e. The molecule has 0 aliphatic heterocycles. The highest BCUT2D eigenvalue weighted by molar-refractivity contribution is 5.33. The van der Waals surface area contributed by atoms with Crippen LogP contribution in [0.25, 0.3) is 0 Å². The molecule has 1 unspecified atom stereocenters. The molecule has 0 fully saturated rings. The summed E-state index contributed by atoms with van der Waals surface area (Å²) >= 11 is 0. The van der Waals surface area contributed by atoms with Gasteiger partial charge in [-0.25, -0.2) is 0 Å². The van der Waals surface area contributed by atoms with Crippen molar-refractivity contribution in [2.45, 2.75) is 26.7 Å². The van der Waals surface area contributed by atoms with Crippen molar-refractivity contribution in [3.05, 3.63) is 41.8 Å². The highest BCUT2D eigenvalue weighted by Gasteiger charge is 2.06. The van der Waals surface area contributed by atoms with Crippen molar-refractivity contribution in [3.63, 3.8) is 0 Å². The fourth-order valence-electron chi connectivity index (χ4n) is 1.69. The number of rotatable bonds is 6. The maximum Gasteiger partial charge on any atom is 0.00158 e. The molecule has 0 saturated heterocycles. The van der Waals surface area contributed by atoms with Gasteiger partial charge in [0.15, 0.2) is 0 Å². The van der Waals surface area contributed by atoms with Gasteiger partial charge < -0.3 is 4.90 Å². The molecule has 1 heteroatoms. The third kappa shape index (κ3) is 4.36. The molecule has 0 spiro atoms. The largest absolute Gasteiger partial charge is 0.309 e. The lowest BCUT2D eigenvalue weighted by Crippen LogP contribution is -2.15. The summed E-state index contributed by atoms with van der Waals surface area (Å²) in [7, 11) is 4.25. The van der Waals surface area contributed by atoms with Crippen molar-refractivity contribution in [1.29, 1.82) is 0 Å². The van der Waals surface area contributed by atoms with E-state index in [1.165, 1.54) is 17.5 Å². The maximum absolute atomic E-state index is 2.39. The lowest BCUT2D eigenvalue weighted by atomic mass is 9.94. The van der Waals surface area contributed by atoms with Gasteiger partial charge in [0.2, 0.25) is 0 Å². The molecule has 1 atom stereocenters. The molecule has 0 N–H and O–H groups in total. The van der Waals surface area contributed by atoms with Gasteiger partial charge in [-0.3, -0.25) is 0 Å². The van der Waals surface area contributed by atoms with E-state index in [4.69, 9.17) is 0 Å². The Balaban J connectivity index is 2.67. The van der Waals surface area contributed by atoms with Gasteiger partial charge in [-0.15, -0.1) is 0 Å². The smallest absolute Gasteiger partial charge is 0.00158 e. The van der Waals surface area contributed by atoms with E-state index in [0.29, 0.717) is 5.92 Å². The average Bonchev–Trinajstić information content (AvgIpc) is 2.27. The Labute approximate surface area is 100 Å². The van der Waals surface area contributed by atoms with Gasteiger partial charge in [0.05, 0.1) is 0 Å². The number of nitrogens with zero attached hydrogens (tertiary/aromatic N) is 1.